The van der Waals surface area contributed by atoms with E-state index in [-0.39, 0.29) is 0 Å². The van der Waals surface area contributed by atoms with Crippen LogP contribution in [0, 0.1) is 0 Å². The summed E-state index contributed by atoms with van der Waals surface area (Å²) in [6.45, 7) is 3.31. The Morgan fingerprint density at radius 2 is 2.41 bits per heavy atom. The van der Waals surface area contributed by atoms with Crippen molar-refractivity contribution < 1.29 is 0 Å². The zero-order chi connectivity index (χ0) is 11.7. The first-order valence-electron chi connectivity index (χ1n) is 6.14. The summed E-state index contributed by atoms with van der Waals surface area (Å²) >= 11 is 0. The second kappa shape index (κ2) is 4.33. The van der Waals surface area contributed by atoms with Gasteiger partial charge in [0.2, 0.25) is 5.95 Å². The summed E-state index contributed by atoms with van der Waals surface area (Å²) in [5.74, 6) is 0.719. The number of piperidine rings is 1. The Labute approximate surface area is 100 Å². The van der Waals surface area contributed by atoms with Crippen molar-refractivity contribution in [2.45, 2.75) is 31.8 Å². The molecule has 0 bridgehead atoms. The van der Waals surface area contributed by atoms with Crippen LogP contribution in [0.4, 0.5) is 5.95 Å². The van der Waals surface area contributed by atoms with Gasteiger partial charge >= 0.3 is 0 Å². The molecule has 2 atom stereocenters. The Morgan fingerprint density at radius 3 is 3.24 bits per heavy atom. The zero-order valence-electron chi connectivity index (χ0n) is 9.93. The summed E-state index contributed by atoms with van der Waals surface area (Å²) in [4.78, 5) is 4.45. The molecule has 0 amide bonds. The van der Waals surface area contributed by atoms with Crippen LogP contribution >= 0.6 is 0 Å². The molecule has 0 saturated carbocycles. The molecule has 1 aliphatic heterocycles. The summed E-state index contributed by atoms with van der Waals surface area (Å²) in [5.41, 5.74) is 0.881. The van der Waals surface area contributed by atoms with Crippen LogP contribution < -0.4 is 10.6 Å². The molecule has 2 unspecified atom stereocenters. The second-order valence-corrected chi connectivity index (χ2v) is 4.57. The number of hydrogen-bond acceptors (Lipinski definition) is 4. The average Bonchev–Trinajstić information content (AvgIpc) is 2.74. The average molecular weight is 231 g/mol. The molecule has 1 saturated heterocycles. The first-order chi connectivity index (χ1) is 8.33. The molecule has 1 aliphatic rings. The SMILES string of the molecule is CC1NCCCC1Nc1nc2ccccn2n1. The van der Waals surface area contributed by atoms with Gasteiger partial charge in [-0.1, -0.05) is 6.07 Å². The highest BCUT2D eigenvalue weighted by Gasteiger charge is 2.21. The van der Waals surface area contributed by atoms with Gasteiger partial charge in [-0.2, -0.15) is 4.98 Å². The molecule has 2 aromatic rings. The van der Waals surface area contributed by atoms with Crippen molar-refractivity contribution in [3.8, 4) is 0 Å². The third-order valence-corrected chi connectivity index (χ3v) is 3.32. The molecule has 3 heterocycles. The minimum Gasteiger partial charge on any atom is -0.349 e. The van der Waals surface area contributed by atoms with Gasteiger partial charge < -0.3 is 10.6 Å². The molecular weight excluding hydrogens is 214 g/mol. The van der Waals surface area contributed by atoms with E-state index in [4.69, 9.17) is 0 Å². The highest BCUT2D eigenvalue weighted by molar-refractivity contribution is 5.43. The first kappa shape index (κ1) is 10.5. The fraction of sp³-hybridized carbons (Fsp3) is 0.500. The Bertz CT molecular complexity index is 473. The van der Waals surface area contributed by atoms with E-state index >= 15 is 0 Å². The first-order valence-corrected chi connectivity index (χ1v) is 6.14. The minimum absolute atomic E-state index is 0.418. The Hall–Kier alpha value is -1.62. The maximum Gasteiger partial charge on any atom is 0.243 e. The number of anilines is 1. The lowest BCUT2D eigenvalue weighted by molar-refractivity contribution is 0.388. The molecule has 0 spiro atoms. The molecule has 5 heteroatoms. The van der Waals surface area contributed by atoms with Gasteiger partial charge in [0, 0.05) is 18.3 Å². The van der Waals surface area contributed by atoms with E-state index in [1.54, 1.807) is 4.52 Å². The molecule has 1 fully saturated rings. The normalized spacial score (nSPS) is 25.0. The van der Waals surface area contributed by atoms with Crippen molar-refractivity contribution in [1.82, 2.24) is 19.9 Å². The van der Waals surface area contributed by atoms with E-state index in [2.05, 4.69) is 27.6 Å². The van der Waals surface area contributed by atoms with E-state index < -0.39 is 0 Å². The highest BCUT2D eigenvalue weighted by atomic mass is 15.3. The van der Waals surface area contributed by atoms with Crippen LogP contribution in [0.3, 0.4) is 0 Å². The van der Waals surface area contributed by atoms with Gasteiger partial charge in [-0.15, -0.1) is 5.10 Å². The van der Waals surface area contributed by atoms with Gasteiger partial charge in [0.1, 0.15) is 0 Å². The number of pyridine rings is 1. The quantitative estimate of drug-likeness (QED) is 0.817. The van der Waals surface area contributed by atoms with E-state index in [9.17, 15) is 0 Å². The van der Waals surface area contributed by atoms with E-state index in [0.29, 0.717) is 12.1 Å². The Kier molecular flexibility index (Phi) is 2.68. The number of aromatic nitrogens is 3. The molecule has 2 aromatic heterocycles. The number of nitrogens with one attached hydrogen (secondary N) is 2. The number of fused-ring (bicyclic) bond motifs is 1. The Morgan fingerprint density at radius 1 is 1.47 bits per heavy atom. The van der Waals surface area contributed by atoms with Crippen LogP contribution in [-0.2, 0) is 0 Å². The van der Waals surface area contributed by atoms with Gasteiger partial charge in [-0.05, 0) is 38.4 Å². The number of hydrogen-bond donors (Lipinski definition) is 2. The molecule has 0 aliphatic carbocycles. The lowest BCUT2D eigenvalue weighted by Crippen LogP contribution is -2.46. The molecule has 5 nitrogen and oxygen atoms in total. The maximum atomic E-state index is 4.45. The van der Waals surface area contributed by atoms with Crippen molar-refractivity contribution in [1.29, 1.82) is 0 Å². The van der Waals surface area contributed by atoms with Crippen molar-refractivity contribution in [2.75, 3.05) is 11.9 Å². The van der Waals surface area contributed by atoms with Gasteiger partial charge in [-0.25, -0.2) is 4.52 Å². The maximum absolute atomic E-state index is 4.45. The van der Waals surface area contributed by atoms with Crippen molar-refractivity contribution in [3.63, 3.8) is 0 Å². The van der Waals surface area contributed by atoms with Gasteiger partial charge in [0.25, 0.3) is 0 Å². The van der Waals surface area contributed by atoms with Gasteiger partial charge in [0.05, 0.1) is 0 Å². The van der Waals surface area contributed by atoms with Crippen molar-refractivity contribution in [2.24, 2.45) is 0 Å². The molecular formula is C12H17N5. The largest absolute Gasteiger partial charge is 0.349 e. The van der Waals surface area contributed by atoms with Crippen LogP contribution in [0.2, 0.25) is 0 Å². The third-order valence-electron chi connectivity index (χ3n) is 3.32. The minimum atomic E-state index is 0.418. The highest BCUT2D eigenvalue weighted by Crippen LogP contribution is 2.13. The summed E-state index contributed by atoms with van der Waals surface area (Å²) in [5, 5.41) is 11.3. The van der Waals surface area contributed by atoms with Gasteiger partial charge in [0.15, 0.2) is 5.65 Å². The fourth-order valence-corrected chi connectivity index (χ4v) is 2.30. The molecule has 17 heavy (non-hydrogen) atoms. The van der Waals surface area contributed by atoms with Crippen LogP contribution in [-0.4, -0.2) is 33.2 Å². The zero-order valence-corrected chi connectivity index (χ0v) is 9.93. The monoisotopic (exact) mass is 231 g/mol. The topological polar surface area (TPSA) is 54.2 Å². The summed E-state index contributed by atoms with van der Waals surface area (Å²) in [6, 6.07) is 6.77. The van der Waals surface area contributed by atoms with Crippen LogP contribution in [0.5, 0.6) is 0 Å². The molecule has 0 aromatic carbocycles. The third kappa shape index (κ3) is 2.10. The van der Waals surface area contributed by atoms with Gasteiger partial charge in [-0.3, -0.25) is 0 Å². The number of nitrogens with zero attached hydrogens (tertiary/aromatic N) is 3. The predicted molar refractivity (Wildman–Crippen MR) is 67.1 cm³/mol. The van der Waals surface area contributed by atoms with Crippen molar-refractivity contribution in [3.05, 3.63) is 24.4 Å². The van der Waals surface area contributed by atoms with E-state index in [1.165, 1.54) is 12.8 Å². The fourth-order valence-electron chi connectivity index (χ4n) is 2.30. The molecule has 0 radical (unpaired) electrons. The lowest BCUT2D eigenvalue weighted by atomic mass is 10.0. The van der Waals surface area contributed by atoms with Crippen LogP contribution in [0.1, 0.15) is 19.8 Å². The molecule has 2 N–H and O–H groups in total. The predicted octanol–water partition coefficient (Wildman–Crippen LogP) is 1.28. The van der Waals surface area contributed by atoms with Crippen LogP contribution in [0.15, 0.2) is 24.4 Å². The number of rotatable bonds is 2. The van der Waals surface area contributed by atoms with Crippen LogP contribution in [0.25, 0.3) is 5.65 Å². The lowest BCUT2D eigenvalue weighted by Gasteiger charge is -2.30. The Balaban J connectivity index is 1.79. The standard InChI is InChI=1S/C12H17N5/c1-9-10(5-4-7-13-9)14-12-15-11-6-2-3-8-17(11)16-12/h2-3,6,8-10,13H,4-5,7H2,1H3,(H,14,16). The summed E-state index contributed by atoms with van der Waals surface area (Å²) < 4.78 is 1.79. The smallest absolute Gasteiger partial charge is 0.243 e. The van der Waals surface area contributed by atoms with E-state index in [1.807, 2.05) is 24.4 Å². The van der Waals surface area contributed by atoms with Crippen molar-refractivity contribution >= 4 is 11.6 Å². The molecule has 3 rings (SSSR count). The molecule has 90 valence electrons. The summed E-state index contributed by atoms with van der Waals surface area (Å²) in [7, 11) is 0. The van der Waals surface area contributed by atoms with E-state index in [0.717, 1.165) is 18.1 Å². The second-order valence-electron chi connectivity index (χ2n) is 4.57. The summed E-state index contributed by atoms with van der Waals surface area (Å²) in [6.07, 6.45) is 4.29.